The molecule has 0 spiro atoms. The second kappa shape index (κ2) is 12.9. The van der Waals surface area contributed by atoms with Crippen LogP contribution in [-0.2, 0) is 15.1 Å². The number of aliphatic hydroxyl groups is 1. The normalized spacial score (nSPS) is 13.4. The van der Waals surface area contributed by atoms with Crippen LogP contribution < -0.4 is 0 Å². The van der Waals surface area contributed by atoms with Crippen molar-refractivity contribution in [1.29, 1.82) is 0 Å². The molecular weight excluding hydrogens is 312 g/mol. The largest absolute Gasteiger partial charge is 0.463 e. The van der Waals surface area contributed by atoms with Gasteiger partial charge in [0.05, 0.1) is 6.61 Å². The van der Waals surface area contributed by atoms with Gasteiger partial charge in [0.1, 0.15) is 0 Å². The van der Waals surface area contributed by atoms with E-state index in [1.54, 1.807) is 12.1 Å². The van der Waals surface area contributed by atoms with Crippen LogP contribution in [0, 0.1) is 0 Å². The summed E-state index contributed by atoms with van der Waals surface area (Å²) in [4.78, 5) is 12.6. The van der Waals surface area contributed by atoms with Crippen molar-refractivity contribution in [3.8, 4) is 0 Å². The molecule has 1 rings (SSSR count). The number of carbonyl (C=O) groups excluding carboxylic acids is 1. The number of esters is 1. The minimum Gasteiger partial charge on any atom is -0.463 e. The average molecular weight is 349 g/mol. The van der Waals surface area contributed by atoms with E-state index >= 15 is 0 Å². The van der Waals surface area contributed by atoms with Crippen LogP contribution >= 0.6 is 0 Å². The van der Waals surface area contributed by atoms with Crippen molar-refractivity contribution < 1.29 is 14.6 Å². The fourth-order valence-electron chi connectivity index (χ4n) is 3.05. The summed E-state index contributed by atoms with van der Waals surface area (Å²) in [5.41, 5.74) is -0.881. The number of hydrogen-bond donors (Lipinski definition) is 1. The summed E-state index contributed by atoms with van der Waals surface area (Å²) in [5.74, 6) is -0.499. The SMILES string of the molecule is CCCCCCCCCOC(=O)C(O)(CCCCC)c1ccccc1. The van der Waals surface area contributed by atoms with Crippen LogP contribution in [0.25, 0.3) is 0 Å². The van der Waals surface area contributed by atoms with Crippen LogP contribution in [0.3, 0.4) is 0 Å². The highest BCUT2D eigenvalue weighted by molar-refractivity contribution is 5.81. The molecule has 25 heavy (non-hydrogen) atoms. The standard InChI is InChI=1S/C22H36O3/c1-3-5-7-8-9-10-15-19-25-21(23)22(24,18-14-6-4-2)20-16-12-11-13-17-20/h11-13,16-17,24H,3-10,14-15,18-19H2,1-2H3. The predicted molar refractivity (Wildman–Crippen MR) is 103 cm³/mol. The number of unbranched alkanes of at least 4 members (excludes halogenated alkanes) is 8. The predicted octanol–water partition coefficient (Wildman–Crippen LogP) is 5.75. The molecule has 3 heteroatoms. The molecule has 0 aromatic heterocycles. The van der Waals surface area contributed by atoms with Gasteiger partial charge in [-0.05, 0) is 24.8 Å². The van der Waals surface area contributed by atoms with Crippen molar-refractivity contribution in [2.24, 2.45) is 0 Å². The van der Waals surface area contributed by atoms with Crippen molar-refractivity contribution >= 4 is 5.97 Å². The Balaban J connectivity index is 2.45. The fourth-order valence-corrected chi connectivity index (χ4v) is 3.05. The fraction of sp³-hybridized carbons (Fsp3) is 0.682. The average Bonchev–Trinajstić information content (AvgIpc) is 2.64. The molecule has 1 atom stereocenters. The highest BCUT2D eigenvalue weighted by Gasteiger charge is 2.38. The van der Waals surface area contributed by atoms with Crippen molar-refractivity contribution in [1.82, 2.24) is 0 Å². The summed E-state index contributed by atoms with van der Waals surface area (Å²) in [5, 5.41) is 11.0. The maximum Gasteiger partial charge on any atom is 0.342 e. The van der Waals surface area contributed by atoms with Crippen LogP contribution in [-0.4, -0.2) is 17.7 Å². The number of ether oxygens (including phenoxy) is 1. The van der Waals surface area contributed by atoms with Gasteiger partial charge in [0.2, 0.25) is 0 Å². The Labute approximate surface area is 153 Å². The molecule has 1 unspecified atom stereocenters. The molecule has 0 radical (unpaired) electrons. The molecule has 0 aliphatic carbocycles. The smallest absolute Gasteiger partial charge is 0.342 e. The summed E-state index contributed by atoms with van der Waals surface area (Å²) >= 11 is 0. The van der Waals surface area contributed by atoms with Gasteiger partial charge in [-0.2, -0.15) is 0 Å². The van der Waals surface area contributed by atoms with Gasteiger partial charge in [-0.1, -0.05) is 95.5 Å². The molecule has 0 bridgehead atoms. The Bertz CT molecular complexity index is 458. The third kappa shape index (κ3) is 8.04. The Hall–Kier alpha value is -1.35. The molecule has 3 nitrogen and oxygen atoms in total. The van der Waals surface area contributed by atoms with Crippen LogP contribution in [0.5, 0.6) is 0 Å². The van der Waals surface area contributed by atoms with Crippen molar-refractivity contribution in [3.63, 3.8) is 0 Å². The lowest BCUT2D eigenvalue weighted by atomic mass is 9.88. The summed E-state index contributed by atoms with van der Waals surface area (Å²) in [6, 6.07) is 9.20. The molecule has 0 saturated carbocycles. The van der Waals surface area contributed by atoms with Gasteiger partial charge >= 0.3 is 5.97 Å². The molecule has 0 aliphatic rings. The Morgan fingerprint density at radius 1 is 0.880 bits per heavy atom. The Morgan fingerprint density at radius 3 is 2.08 bits per heavy atom. The van der Waals surface area contributed by atoms with Gasteiger partial charge in [-0.25, -0.2) is 4.79 Å². The molecule has 0 fully saturated rings. The molecule has 1 aromatic carbocycles. The zero-order valence-electron chi connectivity index (χ0n) is 16.1. The van der Waals surface area contributed by atoms with E-state index < -0.39 is 11.6 Å². The topological polar surface area (TPSA) is 46.5 Å². The first kappa shape index (κ1) is 21.7. The first-order chi connectivity index (χ1) is 12.1. The highest BCUT2D eigenvalue weighted by Crippen LogP contribution is 2.29. The molecule has 0 amide bonds. The van der Waals surface area contributed by atoms with Crippen LogP contribution in [0.4, 0.5) is 0 Å². The lowest BCUT2D eigenvalue weighted by Crippen LogP contribution is -2.37. The maximum atomic E-state index is 12.6. The lowest BCUT2D eigenvalue weighted by Gasteiger charge is -2.26. The number of benzene rings is 1. The number of carbonyl (C=O) groups is 1. The summed E-state index contributed by atoms with van der Waals surface area (Å²) < 4.78 is 5.43. The van der Waals surface area contributed by atoms with E-state index in [1.165, 1.54) is 32.1 Å². The summed E-state index contributed by atoms with van der Waals surface area (Å²) in [7, 11) is 0. The van der Waals surface area contributed by atoms with Gasteiger partial charge in [0.25, 0.3) is 0 Å². The van der Waals surface area contributed by atoms with E-state index in [0.717, 1.165) is 32.1 Å². The Kier molecular flexibility index (Phi) is 11.2. The second-order valence-corrected chi connectivity index (χ2v) is 6.94. The van der Waals surface area contributed by atoms with Gasteiger partial charge in [-0.15, -0.1) is 0 Å². The molecule has 1 aromatic rings. The maximum absolute atomic E-state index is 12.6. The Morgan fingerprint density at radius 2 is 1.44 bits per heavy atom. The van der Waals surface area contributed by atoms with E-state index in [1.807, 2.05) is 18.2 Å². The quantitative estimate of drug-likeness (QED) is 0.344. The number of hydrogen-bond acceptors (Lipinski definition) is 3. The summed E-state index contributed by atoms with van der Waals surface area (Å²) in [6.07, 6.45) is 11.5. The number of rotatable bonds is 14. The van der Waals surface area contributed by atoms with Crippen LogP contribution in [0.2, 0.25) is 0 Å². The second-order valence-electron chi connectivity index (χ2n) is 6.94. The monoisotopic (exact) mass is 348 g/mol. The van der Waals surface area contributed by atoms with Gasteiger partial charge < -0.3 is 9.84 Å². The zero-order chi connectivity index (χ0) is 18.4. The van der Waals surface area contributed by atoms with E-state index in [2.05, 4.69) is 13.8 Å². The van der Waals surface area contributed by atoms with Gasteiger partial charge in [0.15, 0.2) is 5.60 Å². The minimum atomic E-state index is -1.52. The van der Waals surface area contributed by atoms with E-state index in [-0.39, 0.29) is 0 Å². The van der Waals surface area contributed by atoms with Crippen LogP contribution in [0.1, 0.15) is 90.0 Å². The third-order valence-corrected chi connectivity index (χ3v) is 4.71. The lowest BCUT2D eigenvalue weighted by molar-refractivity contribution is -0.168. The van der Waals surface area contributed by atoms with E-state index in [9.17, 15) is 9.90 Å². The van der Waals surface area contributed by atoms with E-state index in [0.29, 0.717) is 18.6 Å². The molecule has 1 N–H and O–H groups in total. The van der Waals surface area contributed by atoms with Gasteiger partial charge in [0, 0.05) is 0 Å². The van der Waals surface area contributed by atoms with Crippen LogP contribution in [0.15, 0.2) is 30.3 Å². The summed E-state index contributed by atoms with van der Waals surface area (Å²) in [6.45, 7) is 4.73. The van der Waals surface area contributed by atoms with Gasteiger partial charge in [-0.3, -0.25) is 0 Å². The molecule has 0 aliphatic heterocycles. The third-order valence-electron chi connectivity index (χ3n) is 4.71. The zero-order valence-corrected chi connectivity index (χ0v) is 16.1. The molecule has 0 saturated heterocycles. The van der Waals surface area contributed by atoms with Crippen molar-refractivity contribution in [2.45, 2.75) is 90.1 Å². The first-order valence-electron chi connectivity index (χ1n) is 10.1. The molecule has 0 heterocycles. The van der Waals surface area contributed by atoms with Crippen molar-refractivity contribution in [2.75, 3.05) is 6.61 Å². The molecule has 142 valence electrons. The first-order valence-corrected chi connectivity index (χ1v) is 10.1. The van der Waals surface area contributed by atoms with E-state index in [4.69, 9.17) is 4.74 Å². The molecular formula is C22H36O3. The highest BCUT2D eigenvalue weighted by atomic mass is 16.5. The van der Waals surface area contributed by atoms with Crippen molar-refractivity contribution in [3.05, 3.63) is 35.9 Å². The minimum absolute atomic E-state index is 0.398.